The van der Waals surface area contributed by atoms with Crippen molar-refractivity contribution in [2.45, 2.75) is 42.5 Å². The van der Waals surface area contributed by atoms with Crippen LogP contribution in [0.2, 0.25) is 8.67 Å². The van der Waals surface area contributed by atoms with Gasteiger partial charge in [0.2, 0.25) is 10.0 Å². The highest BCUT2D eigenvalue weighted by Crippen LogP contribution is 2.36. The van der Waals surface area contributed by atoms with Crippen LogP contribution in [-0.4, -0.2) is 25.7 Å². The number of sulfonamides is 1. The Hall–Kier alpha value is 0.150. The SMILES string of the molecule is O=S(=O)(NC1(CO)CCCCC1)c1cc(Cl)sc1Cl. The lowest BCUT2D eigenvalue weighted by Gasteiger charge is -2.35. The summed E-state index contributed by atoms with van der Waals surface area (Å²) in [5.41, 5.74) is -0.769. The monoisotopic (exact) mass is 343 g/mol. The van der Waals surface area contributed by atoms with Crippen LogP contribution in [0.25, 0.3) is 0 Å². The molecule has 0 saturated heterocycles. The number of thiophene rings is 1. The molecule has 0 bridgehead atoms. The van der Waals surface area contributed by atoms with Gasteiger partial charge in [0.25, 0.3) is 0 Å². The van der Waals surface area contributed by atoms with Crippen LogP contribution in [-0.2, 0) is 10.0 Å². The van der Waals surface area contributed by atoms with Gasteiger partial charge in [0.05, 0.1) is 16.5 Å². The second kappa shape index (κ2) is 5.87. The highest BCUT2D eigenvalue weighted by atomic mass is 35.5. The summed E-state index contributed by atoms with van der Waals surface area (Å²) < 4.78 is 27.8. The number of hydrogen-bond acceptors (Lipinski definition) is 4. The highest BCUT2D eigenvalue weighted by molar-refractivity contribution is 7.89. The fourth-order valence-corrected chi connectivity index (χ4v) is 5.97. The van der Waals surface area contributed by atoms with Crippen LogP contribution in [0.1, 0.15) is 32.1 Å². The van der Waals surface area contributed by atoms with E-state index in [0.717, 1.165) is 30.6 Å². The van der Waals surface area contributed by atoms with E-state index in [1.165, 1.54) is 6.07 Å². The van der Waals surface area contributed by atoms with E-state index in [9.17, 15) is 13.5 Å². The molecule has 0 spiro atoms. The third-order valence-electron chi connectivity index (χ3n) is 3.38. The van der Waals surface area contributed by atoms with Crippen molar-refractivity contribution in [3.63, 3.8) is 0 Å². The van der Waals surface area contributed by atoms with Crippen molar-refractivity contribution in [2.24, 2.45) is 0 Å². The molecule has 1 fully saturated rings. The van der Waals surface area contributed by atoms with Crippen molar-refractivity contribution in [1.82, 2.24) is 4.72 Å². The lowest BCUT2D eigenvalue weighted by molar-refractivity contribution is 0.142. The maximum absolute atomic E-state index is 12.3. The molecule has 0 aromatic carbocycles. The van der Waals surface area contributed by atoms with Gasteiger partial charge in [0.1, 0.15) is 9.23 Å². The van der Waals surface area contributed by atoms with Crippen LogP contribution in [0.4, 0.5) is 0 Å². The molecule has 0 radical (unpaired) electrons. The first kappa shape index (κ1) is 15.5. The average Bonchev–Trinajstić information content (AvgIpc) is 2.70. The summed E-state index contributed by atoms with van der Waals surface area (Å²) >= 11 is 12.7. The van der Waals surface area contributed by atoms with Gasteiger partial charge >= 0.3 is 0 Å². The molecule has 1 aliphatic rings. The molecule has 1 aromatic heterocycles. The lowest BCUT2D eigenvalue weighted by atomic mass is 9.83. The topological polar surface area (TPSA) is 66.4 Å². The van der Waals surface area contributed by atoms with E-state index < -0.39 is 15.6 Å². The Labute approximate surface area is 126 Å². The predicted molar refractivity (Wildman–Crippen MR) is 77.6 cm³/mol. The molecular formula is C11H15Cl2NO3S2. The van der Waals surface area contributed by atoms with Crippen molar-refractivity contribution in [2.75, 3.05) is 6.61 Å². The third-order valence-corrected chi connectivity index (χ3v) is 6.71. The molecule has 1 aromatic rings. The molecule has 2 N–H and O–H groups in total. The van der Waals surface area contributed by atoms with Gasteiger partial charge in [-0.1, -0.05) is 42.5 Å². The molecule has 0 amide bonds. The van der Waals surface area contributed by atoms with Crippen LogP contribution >= 0.6 is 34.5 Å². The fourth-order valence-electron chi connectivity index (χ4n) is 2.37. The summed E-state index contributed by atoms with van der Waals surface area (Å²) in [6.45, 7) is -0.207. The molecule has 108 valence electrons. The molecule has 4 nitrogen and oxygen atoms in total. The van der Waals surface area contributed by atoms with E-state index in [4.69, 9.17) is 23.2 Å². The molecule has 0 unspecified atom stereocenters. The van der Waals surface area contributed by atoms with Crippen molar-refractivity contribution in [3.05, 3.63) is 14.7 Å². The number of nitrogens with one attached hydrogen (secondary N) is 1. The second-order valence-electron chi connectivity index (χ2n) is 4.79. The lowest BCUT2D eigenvalue weighted by Crippen LogP contribution is -2.52. The summed E-state index contributed by atoms with van der Waals surface area (Å²) in [4.78, 5) is -0.0115. The van der Waals surface area contributed by atoms with Crippen molar-refractivity contribution >= 4 is 44.6 Å². The number of rotatable bonds is 4. The summed E-state index contributed by atoms with van der Waals surface area (Å²) in [5.74, 6) is 0. The van der Waals surface area contributed by atoms with Gasteiger partial charge in [-0.25, -0.2) is 13.1 Å². The van der Waals surface area contributed by atoms with E-state index in [1.807, 2.05) is 0 Å². The standard InChI is InChI=1S/C11H15Cl2NO3S2/c12-9-6-8(10(13)18-9)19(16,17)14-11(7-15)4-2-1-3-5-11/h6,14-15H,1-5,7H2. The van der Waals surface area contributed by atoms with Gasteiger partial charge in [-0.15, -0.1) is 11.3 Å². The molecule has 2 rings (SSSR count). The molecule has 1 heterocycles. The Kier molecular flexibility index (Phi) is 4.80. The van der Waals surface area contributed by atoms with E-state index in [1.54, 1.807) is 0 Å². The van der Waals surface area contributed by atoms with Crippen LogP contribution in [0.5, 0.6) is 0 Å². The van der Waals surface area contributed by atoms with Crippen LogP contribution < -0.4 is 4.72 Å². The minimum absolute atomic E-state index is 0.0115. The highest BCUT2D eigenvalue weighted by Gasteiger charge is 2.37. The van der Waals surface area contributed by atoms with Crippen LogP contribution in [0, 0.1) is 0 Å². The largest absolute Gasteiger partial charge is 0.394 e. The average molecular weight is 344 g/mol. The third kappa shape index (κ3) is 3.43. The molecule has 8 heteroatoms. The zero-order valence-corrected chi connectivity index (χ0v) is 13.3. The summed E-state index contributed by atoms with van der Waals surface area (Å²) in [6.07, 6.45) is 4.15. The maximum atomic E-state index is 12.3. The van der Waals surface area contributed by atoms with Crippen molar-refractivity contribution in [1.29, 1.82) is 0 Å². The van der Waals surface area contributed by atoms with E-state index in [0.29, 0.717) is 17.2 Å². The van der Waals surface area contributed by atoms with Gasteiger partial charge < -0.3 is 5.11 Å². The number of halogens is 2. The Morgan fingerprint density at radius 3 is 2.42 bits per heavy atom. The zero-order valence-electron chi connectivity index (χ0n) is 10.2. The quantitative estimate of drug-likeness (QED) is 0.882. The summed E-state index contributed by atoms with van der Waals surface area (Å²) in [5, 5.41) is 9.54. The number of hydrogen-bond donors (Lipinski definition) is 2. The minimum atomic E-state index is -3.76. The molecule has 0 aliphatic heterocycles. The van der Waals surface area contributed by atoms with E-state index in [-0.39, 0.29) is 15.8 Å². The Morgan fingerprint density at radius 1 is 1.32 bits per heavy atom. The summed E-state index contributed by atoms with van der Waals surface area (Å²) in [6, 6.07) is 1.34. The Bertz CT molecular complexity index is 550. The van der Waals surface area contributed by atoms with Gasteiger partial charge in [-0.2, -0.15) is 0 Å². The number of aliphatic hydroxyl groups excluding tert-OH is 1. The zero-order chi connectivity index (χ0) is 14.1. The number of aliphatic hydroxyl groups is 1. The Balaban J connectivity index is 2.27. The normalized spacial score (nSPS) is 19.5. The fraction of sp³-hybridized carbons (Fsp3) is 0.636. The predicted octanol–water partition coefficient (Wildman–Crippen LogP) is 3.03. The molecular weight excluding hydrogens is 329 g/mol. The molecule has 19 heavy (non-hydrogen) atoms. The molecule has 1 aliphatic carbocycles. The summed E-state index contributed by atoms with van der Waals surface area (Å²) in [7, 11) is -3.76. The smallest absolute Gasteiger partial charge is 0.243 e. The van der Waals surface area contributed by atoms with Crippen molar-refractivity contribution < 1.29 is 13.5 Å². The van der Waals surface area contributed by atoms with Gasteiger partial charge in [0.15, 0.2) is 0 Å². The van der Waals surface area contributed by atoms with Crippen molar-refractivity contribution in [3.8, 4) is 0 Å². The van der Waals surface area contributed by atoms with E-state index >= 15 is 0 Å². The Morgan fingerprint density at radius 2 is 1.95 bits per heavy atom. The second-order valence-corrected chi connectivity index (χ2v) is 8.73. The maximum Gasteiger partial charge on any atom is 0.243 e. The van der Waals surface area contributed by atoms with Gasteiger partial charge in [-0.05, 0) is 18.9 Å². The minimum Gasteiger partial charge on any atom is -0.394 e. The first-order valence-electron chi connectivity index (χ1n) is 5.98. The van der Waals surface area contributed by atoms with Gasteiger partial charge in [0, 0.05) is 0 Å². The first-order chi connectivity index (χ1) is 8.88. The van der Waals surface area contributed by atoms with Gasteiger partial charge in [-0.3, -0.25) is 0 Å². The van der Waals surface area contributed by atoms with Crippen LogP contribution in [0.15, 0.2) is 11.0 Å². The molecule has 0 atom stereocenters. The molecule has 1 saturated carbocycles. The van der Waals surface area contributed by atoms with Crippen LogP contribution in [0.3, 0.4) is 0 Å². The van der Waals surface area contributed by atoms with E-state index in [2.05, 4.69) is 4.72 Å². The first-order valence-corrected chi connectivity index (χ1v) is 9.04.